The number of benzene rings is 1. The molecule has 1 aromatic heterocycles. The highest BCUT2D eigenvalue weighted by Gasteiger charge is 2.65. The molecular formula is C20H17Cl2F6N5O3S. The van der Waals surface area contributed by atoms with Gasteiger partial charge in [0.15, 0.2) is 5.69 Å². The fourth-order valence-corrected chi connectivity index (χ4v) is 5.24. The number of halogens is 8. The van der Waals surface area contributed by atoms with E-state index in [0.717, 1.165) is 0 Å². The molecular weight excluding hydrogens is 575 g/mol. The molecule has 2 aromatic rings. The summed E-state index contributed by atoms with van der Waals surface area (Å²) in [4.78, 5) is 22.4. The van der Waals surface area contributed by atoms with Crippen LogP contribution in [0.15, 0.2) is 17.0 Å². The number of hydrogen-bond acceptors (Lipinski definition) is 5. The number of carbonyl (C=O) groups excluding carboxylic acids is 2. The molecule has 0 saturated heterocycles. The Morgan fingerprint density at radius 1 is 1.16 bits per heavy atom. The number of nitriles is 1. The molecule has 2 saturated carbocycles. The average molecular weight is 592 g/mol. The first kappa shape index (κ1) is 27.2. The Kier molecular flexibility index (Phi) is 5.77. The molecule has 3 N–H and O–H groups in total. The van der Waals surface area contributed by atoms with Gasteiger partial charge in [0.2, 0.25) is 5.91 Å². The molecule has 2 aliphatic rings. The standard InChI is InChI=1S/C20H17Cl2F6N5O3S/c21-11-5-10(37(24,25,26,27)28)6-12(22)15(11)33-16(31-18(35)36-9-19(8-23)1-2-19)14(13(7-29)32-33)20(3-4-20)17(30)34/h5-6H,1-4,8-9H2,(H2,30,34)(H,31,35). The summed E-state index contributed by atoms with van der Waals surface area (Å²) >= 11 is 11.9. The topological polar surface area (TPSA) is 123 Å². The molecule has 1 aromatic carbocycles. The molecule has 17 heteroatoms. The normalized spacial score (nSPS) is 19.2. The molecule has 0 unspecified atom stereocenters. The molecule has 0 radical (unpaired) electrons. The molecule has 8 nitrogen and oxygen atoms in total. The smallest absolute Gasteiger partial charge is 0.412 e. The van der Waals surface area contributed by atoms with Gasteiger partial charge in [0.25, 0.3) is 0 Å². The highest BCUT2D eigenvalue weighted by molar-refractivity contribution is 8.45. The van der Waals surface area contributed by atoms with E-state index in [4.69, 9.17) is 33.7 Å². The Bertz CT molecular complexity index is 1360. The minimum Gasteiger partial charge on any atom is -0.449 e. The second kappa shape index (κ2) is 7.84. The zero-order valence-corrected chi connectivity index (χ0v) is 20.8. The van der Waals surface area contributed by atoms with Gasteiger partial charge in [-0.15, -0.1) is 0 Å². The molecule has 4 rings (SSSR count). The van der Waals surface area contributed by atoms with Gasteiger partial charge < -0.3 is 10.5 Å². The van der Waals surface area contributed by atoms with Crippen LogP contribution in [0.4, 0.5) is 34.4 Å². The number of aromatic nitrogens is 2. The van der Waals surface area contributed by atoms with E-state index in [-0.39, 0.29) is 37.1 Å². The third-order valence-corrected chi connectivity index (χ3v) is 8.01. The molecule has 0 atom stereocenters. The van der Waals surface area contributed by atoms with Crippen molar-refractivity contribution in [3.05, 3.63) is 33.4 Å². The maximum absolute atomic E-state index is 13.4. The Morgan fingerprint density at radius 2 is 1.73 bits per heavy atom. The summed E-state index contributed by atoms with van der Waals surface area (Å²) < 4.78 is 85.6. The van der Waals surface area contributed by atoms with Crippen molar-refractivity contribution in [1.29, 1.82) is 5.26 Å². The van der Waals surface area contributed by atoms with Crippen LogP contribution in [0.3, 0.4) is 0 Å². The van der Waals surface area contributed by atoms with Gasteiger partial charge in [0.05, 0.1) is 22.1 Å². The SMILES string of the molecule is N#Cc1nn(-c2c(Cl)cc(S(F)(F)(F)(F)F)cc2Cl)c(NC(=O)OCC2(CF)CC2)c1C1(C(N)=O)CC1. The molecule has 37 heavy (non-hydrogen) atoms. The van der Waals surface area contributed by atoms with E-state index in [1.807, 2.05) is 0 Å². The first-order chi connectivity index (χ1) is 16.9. The van der Waals surface area contributed by atoms with Crippen LogP contribution >= 0.6 is 33.4 Å². The van der Waals surface area contributed by atoms with Crippen molar-refractivity contribution >= 4 is 51.2 Å². The van der Waals surface area contributed by atoms with E-state index >= 15 is 0 Å². The van der Waals surface area contributed by atoms with Crippen molar-refractivity contribution in [2.24, 2.45) is 11.1 Å². The van der Waals surface area contributed by atoms with E-state index in [0.29, 0.717) is 17.5 Å². The van der Waals surface area contributed by atoms with Gasteiger partial charge in [0, 0.05) is 11.0 Å². The fourth-order valence-electron chi connectivity index (χ4n) is 3.78. The van der Waals surface area contributed by atoms with Gasteiger partial charge in [-0.3, -0.25) is 14.5 Å². The van der Waals surface area contributed by atoms with Crippen LogP contribution in [0.2, 0.25) is 10.0 Å². The lowest BCUT2D eigenvalue weighted by Crippen LogP contribution is -2.30. The van der Waals surface area contributed by atoms with Gasteiger partial charge in [-0.1, -0.05) is 42.6 Å². The first-order valence-corrected chi connectivity index (χ1v) is 13.1. The minimum absolute atomic E-state index is 0.0705. The van der Waals surface area contributed by atoms with Gasteiger partial charge in [-0.2, -0.15) is 10.4 Å². The van der Waals surface area contributed by atoms with E-state index in [2.05, 4.69) is 10.4 Å². The number of carbonyl (C=O) groups is 2. The van der Waals surface area contributed by atoms with Crippen LogP contribution < -0.4 is 11.1 Å². The predicted octanol–water partition coefficient (Wildman–Crippen LogP) is 6.52. The van der Waals surface area contributed by atoms with Crippen molar-refractivity contribution in [1.82, 2.24) is 9.78 Å². The lowest BCUT2D eigenvalue weighted by Gasteiger charge is -2.40. The van der Waals surface area contributed by atoms with Crippen LogP contribution in [-0.2, 0) is 14.9 Å². The number of amides is 2. The summed E-state index contributed by atoms with van der Waals surface area (Å²) in [5.74, 6) is -1.34. The molecule has 0 bridgehead atoms. The van der Waals surface area contributed by atoms with Crippen LogP contribution in [0, 0.1) is 16.7 Å². The van der Waals surface area contributed by atoms with Crippen LogP contribution in [0.5, 0.6) is 0 Å². The summed E-state index contributed by atoms with van der Waals surface area (Å²) in [5.41, 5.74) is 1.97. The largest absolute Gasteiger partial charge is 0.449 e. The zero-order chi connectivity index (χ0) is 27.7. The van der Waals surface area contributed by atoms with Crippen LogP contribution in [0.1, 0.15) is 36.9 Å². The zero-order valence-electron chi connectivity index (χ0n) is 18.5. The Hall–Kier alpha value is -2.83. The van der Waals surface area contributed by atoms with Crippen molar-refractivity contribution < 1.29 is 38.1 Å². The van der Waals surface area contributed by atoms with Crippen molar-refractivity contribution in [3.8, 4) is 11.8 Å². The number of nitrogens with zero attached hydrogens (tertiary/aromatic N) is 3. The summed E-state index contributed by atoms with van der Waals surface area (Å²) in [6.07, 6.45) is 0.0622. The van der Waals surface area contributed by atoms with Crippen molar-refractivity contribution in [2.45, 2.75) is 36.0 Å². The Balaban J connectivity index is 1.86. The molecule has 1 heterocycles. The number of ether oxygens (including phenoxy) is 1. The average Bonchev–Trinajstić information content (AvgIpc) is 3.69. The number of nitrogens with one attached hydrogen (secondary N) is 1. The van der Waals surface area contributed by atoms with E-state index in [9.17, 15) is 38.7 Å². The highest BCUT2D eigenvalue weighted by atomic mass is 35.5. The van der Waals surface area contributed by atoms with E-state index in [1.54, 1.807) is 6.07 Å². The number of anilines is 1. The van der Waals surface area contributed by atoms with Gasteiger partial charge in [-0.25, -0.2) is 9.48 Å². The van der Waals surface area contributed by atoms with Gasteiger partial charge >= 0.3 is 16.3 Å². The quantitative estimate of drug-likeness (QED) is 0.338. The maximum Gasteiger partial charge on any atom is 0.412 e. The third-order valence-electron chi connectivity index (χ3n) is 6.31. The number of rotatable bonds is 8. The summed E-state index contributed by atoms with van der Waals surface area (Å²) in [6.45, 7) is -1.04. The number of nitrogens with two attached hydrogens (primary N) is 1. The molecule has 2 fully saturated rings. The lowest BCUT2D eigenvalue weighted by molar-refractivity contribution is -0.120. The summed E-state index contributed by atoms with van der Waals surface area (Å²) in [6, 6.07) is 1.56. The number of primary amides is 1. The van der Waals surface area contributed by atoms with Gasteiger partial charge in [0.1, 0.15) is 29.1 Å². The predicted molar refractivity (Wildman–Crippen MR) is 122 cm³/mol. The molecule has 202 valence electrons. The van der Waals surface area contributed by atoms with Crippen LogP contribution in [0.25, 0.3) is 5.69 Å². The number of hydrogen-bond donors (Lipinski definition) is 2. The van der Waals surface area contributed by atoms with E-state index < -0.39 is 71.9 Å². The van der Waals surface area contributed by atoms with E-state index in [1.165, 1.54) is 0 Å². The summed E-state index contributed by atoms with van der Waals surface area (Å²) in [7, 11) is -10.2. The first-order valence-electron chi connectivity index (χ1n) is 10.4. The van der Waals surface area contributed by atoms with Crippen molar-refractivity contribution in [2.75, 3.05) is 18.6 Å². The molecule has 2 aliphatic carbocycles. The fraction of sp³-hybridized carbons (Fsp3) is 0.400. The molecule has 0 aliphatic heterocycles. The molecule has 2 amide bonds. The number of alkyl halides is 1. The summed E-state index contributed by atoms with van der Waals surface area (Å²) in [5, 5.41) is 13.9. The second-order valence-electron chi connectivity index (χ2n) is 9.08. The lowest BCUT2D eigenvalue weighted by atomic mass is 9.94. The van der Waals surface area contributed by atoms with Crippen LogP contribution in [-0.4, -0.2) is 35.1 Å². The third kappa shape index (κ3) is 5.01. The second-order valence-corrected chi connectivity index (χ2v) is 12.3. The maximum atomic E-state index is 13.4. The minimum atomic E-state index is -10.2. The Labute approximate surface area is 215 Å². The van der Waals surface area contributed by atoms with Crippen molar-refractivity contribution in [3.63, 3.8) is 0 Å². The highest BCUT2D eigenvalue weighted by Crippen LogP contribution is 3.02. The molecule has 0 spiro atoms. The Morgan fingerprint density at radius 3 is 2.14 bits per heavy atom. The monoisotopic (exact) mass is 591 g/mol. The van der Waals surface area contributed by atoms with Gasteiger partial charge in [-0.05, 0) is 37.8 Å².